The summed E-state index contributed by atoms with van der Waals surface area (Å²) in [6.45, 7) is 1.46. The molecule has 0 aliphatic carbocycles. The molecule has 16 heavy (non-hydrogen) atoms. The fourth-order valence-corrected chi connectivity index (χ4v) is 1.49. The number of alkyl halides is 2. The molecule has 1 aromatic carbocycles. The lowest BCUT2D eigenvalue weighted by Gasteiger charge is -2.27. The number of ether oxygens (including phenoxy) is 1. The van der Waals surface area contributed by atoms with Crippen LogP contribution in [0.5, 0.6) is 5.75 Å². The number of hydrogen-bond donors (Lipinski definition) is 1. The van der Waals surface area contributed by atoms with Gasteiger partial charge in [-0.2, -0.15) is 0 Å². The number of hydrogen-bond acceptors (Lipinski definition) is 2. The molecule has 1 unspecified atom stereocenters. The summed E-state index contributed by atoms with van der Waals surface area (Å²) in [4.78, 5) is 0. The summed E-state index contributed by atoms with van der Waals surface area (Å²) in [6.07, 6.45) is -2.18. The van der Waals surface area contributed by atoms with E-state index in [2.05, 4.69) is 0 Å². The van der Waals surface area contributed by atoms with Crippen LogP contribution in [-0.4, -0.2) is 20.1 Å². The van der Waals surface area contributed by atoms with Gasteiger partial charge in [-0.15, -0.1) is 0 Å². The van der Waals surface area contributed by atoms with Gasteiger partial charge in [-0.1, -0.05) is 19.1 Å². The number of halogens is 2. The highest BCUT2D eigenvalue weighted by Gasteiger charge is 2.33. The summed E-state index contributed by atoms with van der Waals surface area (Å²) >= 11 is 0. The standard InChI is InChI=1S/C12H17F2NO/c1-12(8-15,11(13)14)7-9-4-3-5-10(6-9)16-2/h3-6,11H,7-8,15H2,1-2H3. The van der Waals surface area contributed by atoms with E-state index in [1.54, 1.807) is 31.4 Å². The Morgan fingerprint density at radius 3 is 2.62 bits per heavy atom. The predicted molar refractivity (Wildman–Crippen MR) is 59.9 cm³/mol. The molecule has 1 rings (SSSR count). The minimum atomic E-state index is -2.43. The Balaban J connectivity index is 2.85. The van der Waals surface area contributed by atoms with Gasteiger partial charge in [0.05, 0.1) is 7.11 Å². The molecule has 90 valence electrons. The Labute approximate surface area is 94.4 Å². The van der Waals surface area contributed by atoms with Crippen molar-refractivity contribution >= 4 is 0 Å². The van der Waals surface area contributed by atoms with Crippen molar-refractivity contribution in [1.82, 2.24) is 0 Å². The van der Waals surface area contributed by atoms with Gasteiger partial charge in [0.1, 0.15) is 5.75 Å². The largest absolute Gasteiger partial charge is 0.497 e. The van der Waals surface area contributed by atoms with E-state index in [0.29, 0.717) is 5.75 Å². The van der Waals surface area contributed by atoms with Gasteiger partial charge in [-0.05, 0) is 24.1 Å². The van der Waals surface area contributed by atoms with Crippen LogP contribution in [0.3, 0.4) is 0 Å². The fourth-order valence-electron chi connectivity index (χ4n) is 1.49. The van der Waals surface area contributed by atoms with E-state index in [1.165, 1.54) is 6.92 Å². The van der Waals surface area contributed by atoms with Gasteiger partial charge in [0.15, 0.2) is 0 Å². The van der Waals surface area contributed by atoms with Crippen molar-refractivity contribution in [3.05, 3.63) is 29.8 Å². The molecule has 0 aliphatic rings. The van der Waals surface area contributed by atoms with Crippen molar-refractivity contribution in [2.45, 2.75) is 19.8 Å². The minimum Gasteiger partial charge on any atom is -0.497 e. The molecule has 0 bridgehead atoms. The summed E-state index contributed by atoms with van der Waals surface area (Å²) in [7, 11) is 1.55. The first-order valence-electron chi connectivity index (χ1n) is 5.13. The lowest BCUT2D eigenvalue weighted by Crippen LogP contribution is -2.36. The molecule has 0 heterocycles. The van der Waals surface area contributed by atoms with Crippen LogP contribution < -0.4 is 10.5 Å². The average Bonchev–Trinajstić information content (AvgIpc) is 2.29. The van der Waals surface area contributed by atoms with E-state index in [1.807, 2.05) is 0 Å². The second kappa shape index (κ2) is 5.25. The normalized spacial score (nSPS) is 14.9. The monoisotopic (exact) mass is 229 g/mol. The molecule has 4 heteroatoms. The third kappa shape index (κ3) is 2.92. The molecule has 0 aromatic heterocycles. The molecule has 2 nitrogen and oxygen atoms in total. The highest BCUT2D eigenvalue weighted by molar-refractivity contribution is 5.29. The van der Waals surface area contributed by atoms with Crippen LogP contribution in [0.25, 0.3) is 0 Å². The molecule has 1 atom stereocenters. The zero-order chi connectivity index (χ0) is 12.2. The minimum absolute atomic E-state index is 0.0398. The van der Waals surface area contributed by atoms with Crippen LogP contribution in [0.2, 0.25) is 0 Å². The van der Waals surface area contributed by atoms with Crippen molar-refractivity contribution in [2.75, 3.05) is 13.7 Å². The first-order valence-corrected chi connectivity index (χ1v) is 5.13. The van der Waals surface area contributed by atoms with Crippen molar-refractivity contribution in [3.63, 3.8) is 0 Å². The number of methoxy groups -OCH3 is 1. The second-order valence-corrected chi connectivity index (χ2v) is 4.19. The van der Waals surface area contributed by atoms with Gasteiger partial charge < -0.3 is 10.5 Å². The molecule has 0 saturated heterocycles. The van der Waals surface area contributed by atoms with E-state index in [-0.39, 0.29) is 13.0 Å². The van der Waals surface area contributed by atoms with E-state index >= 15 is 0 Å². The van der Waals surface area contributed by atoms with Crippen molar-refractivity contribution in [1.29, 1.82) is 0 Å². The number of benzene rings is 1. The lowest BCUT2D eigenvalue weighted by atomic mass is 9.84. The van der Waals surface area contributed by atoms with Gasteiger partial charge in [0, 0.05) is 12.0 Å². The molecule has 2 N–H and O–H groups in total. The van der Waals surface area contributed by atoms with E-state index < -0.39 is 11.8 Å². The zero-order valence-corrected chi connectivity index (χ0v) is 9.54. The summed E-state index contributed by atoms with van der Waals surface area (Å²) in [5.41, 5.74) is 5.05. The summed E-state index contributed by atoms with van der Waals surface area (Å²) in [5.74, 6) is 0.672. The number of nitrogens with two attached hydrogens (primary N) is 1. The maximum absolute atomic E-state index is 12.8. The first kappa shape index (κ1) is 12.9. The fraction of sp³-hybridized carbons (Fsp3) is 0.500. The van der Waals surface area contributed by atoms with Crippen molar-refractivity contribution in [2.24, 2.45) is 11.1 Å². The lowest BCUT2D eigenvalue weighted by molar-refractivity contribution is 0.0132. The summed E-state index contributed by atoms with van der Waals surface area (Å²) in [5, 5.41) is 0. The van der Waals surface area contributed by atoms with Crippen LogP contribution in [0.15, 0.2) is 24.3 Å². The molecule has 0 amide bonds. The highest BCUT2D eigenvalue weighted by Crippen LogP contribution is 2.29. The smallest absolute Gasteiger partial charge is 0.245 e. The van der Waals surface area contributed by atoms with Gasteiger partial charge >= 0.3 is 0 Å². The third-order valence-corrected chi connectivity index (χ3v) is 2.74. The van der Waals surface area contributed by atoms with Crippen LogP contribution in [0.1, 0.15) is 12.5 Å². The maximum atomic E-state index is 12.8. The van der Waals surface area contributed by atoms with Gasteiger partial charge in [0.2, 0.25) is 6.43 Å². The molecular weight excluding hydrogens is 212 g/mol. The first-order chi connectivity index (χ1) is 7.51. The van der Waals surface area contributed by atoms with Crippen LogP contribution in [0.4, 0.5) is 8.78 Å². The zero-order valence-electron chi connectivity index (χ0n) is 9.54. The van der Waals surface area contributed by atoms with Gasteiger partial charge in [-0.25, -0.2) is 8.78 Å². The van der Waals surface area contributed by atoms with Crippen molar-refractivity contribution < 1.29 is 13.5 Å². The van der Waals surface area contributed by atoms with E-state index in [9.17, 15) is 8.78 Å². The topological polar surface area (TPSA) is 35.2 Å². The Bertz CT molecular complexity index is 344. The molecule has 0 saturated carbocycles. The summed E-state index contributed by atoms with van der Waals surface area (Å²) in [6, 6.07) is 7.14. The van der Waals surface area contributed by atoms with Crippen LogP contribution >= 0.6 is 0 Å². The van der Waals surface area contributed by atoms with Crippen molar-refractivity contribution in [3.8, 4) is 5.75 Å². The highest BCUT2D eigenvalue weighted by atomic mass is 19.3. The molecule has 1 aromatic rings. The van der Waals surface area contributed by atoms with Gasteiger partial charge in [-0.3, -0.25) is 0 Å². The van der Waals surface area contributed by atoms with Gasteiger partial charge in [0.25, 0.3) is 0 Å². The van der Waals surface area contributed by atoms with E-state index in [4.69, 9.17) is 10.5 Å². The number of rotatable bonds is 5. The Morgan fingerprint density at radius 2 is 2.12 bits per heavy atom. The van der Waals surface area contributed by atoms with Crippen LogP contribution in [0, 0.1) is 5.41 Å². The third-order valence-electron chi connectivity index (χ3n) is 2.74. The van der Waals surface area contributed by atoms with E-state index in [0.717, 1.165) is 5.56 Å². The molecule has 0 fully saturated rings. The molecular formula is C12H17F2NO. The molecule has 0 spiro atoms. The maximum Gasteiger partial charge on any atom is 0.245 e. The summed E-state index contributed by atoms with van der Waals surface area (Å²) < 4.78 is 30.7. The quantitative estimate of drug-likeness (QED) is 0.841. The Morgan fingerprint density at radius 1 is 1.44 bits per heavy atom. The average molecular weight is 229 g/mol. The second-order valence-electron chi connectivity index (χ2n) is 4.19. The predicted octanol–water partition coefficient (Wildman–Crippen LogP) is 2.47. The Hall–Kier alpha value is -1.16. The molecule has 0 aliphatic heterocycles. The van der Waals surface area contributed by atoms with Crippen LogP contribution in [-0.2, 0) is 6.42 Å². The molecule has 0 radical (unpaired) electrons. The SMILES string of the molecule is COc1cccc(CC(C)(CN)C(F)F)c1. The Kier molecular flexibility index (Phi) is 4.24.